The Bertz CT molecular complexity index is 1020. The number of aliphatic hydroxyl groups is 4. The number of allylic oxidation sites excluding steroid dienone is 4. The lowest BCUT2D eigenvalue weighted by Gasteiger charge is -2.39. The standard InChI is InChI=1S/C49H90O10/c1-3-5-7-9-11-13-15-17-19-20-21-22-24-25-27-29-31-33-35-37-44(51)56-40-42(41-57-49-48(55)47(54)46(53)43(39-50)59-49)58-45(52)38-36-34-32-30-28-26-23-18-16-14-12-10-8-6-4-2/h12,14,18,23,42-43,46-50,53-55H,3-11,13,15-17,19-22,24-41H2,1-2H3/b14-12-,23-18-. The van der Waals surface area contributed by atoms with Crippen LogP contribution in [0.3, 0.4) is 0 Å². The Balaban J connectivity index is 2.28. The van der Waals surface area contributed by atoms with Gasteiger partial charge in [-0.3, -0.25) is 9.59 Å². The van der Waals surface area contributed by atoms with Crippen LogP contribution in [0.1, 0.15) is 219 Å². The van der Waals surface area contributed by atoms with Crippen LogP contribution in [0.25, 0.3) is 0 Å². The van der Waals surface area contributed by atoms with Crippen LogP contribution in [0.2, 0.25) is 0 Å². The molecule has 4 N–H and O–H groups in total. The van der Waals surface area contributed by atoms with E-state index in [-0.39, 0.29) is 32.0 Å². The van der Waals surface area contributed by atoms with E-state index in [9.17, 15) is 30.0 Å². The van der Waals surface area contributed by atoms with E-state index in [1.807, 2.05) is 0 Å². The predicted molar refractivity (Wildman–Crippen MR) is 238 cm³/mol. The molecule has 0 aromatic carbocycles. The first-order valence-corrected chi connectivity index (χ1v) is 24.4. The quantitative estimate of drug-likeness (QED) is 0.0266. The highest BCUT2D eigenvalue weighted by atomic mass is 16.7. The number of aliphatic hydroxyl groups excluding tert-OH is 4. The zero-order chi connectivity index (χ0) is 43.0. The van der Waals surface area contributed by atoms with Gasteiger partial charge in [0, 0.05) is 12.8 Å². The van der Waals surface area contributed by atoms with E-state index in [2.05, 4.69) is 38.2 Å². The monoisotopic (exact) mass is 839 g/mol. The summed E-state index contributed by atoms with van der Waals surface area (Å²) in [6.45, 7) is 3.41. The van der Waals surface area contributed by atoms with Crippen LogP contribution in [-0.4, -0.2) is 89.0 Å². The maximum absolute atomic E-state index is 12.8. The van der Waals surface area contributed by atoms with Crippen LogP contribution in [0.15, 0.2) is 24.3 Å². The number of hydrogen-bond donors (Lipinski definition) is 4. The summed E-state index contributed by atoms with van der Waals surface area (Å²) in [5, 5.41) is 40.1. The second-order valence-electron chi connectivity index (χ2n) is 16.9. The van der Waals surface area contributed by atoms with Gasteiger partial charge in [-0.15, -0.1) is 0 Å². The van der Waals surface area contributed by atoms with Gasteiger partial charge in [-0.2, -0.15) is 0 Å². The minimum atomic E-state index is -1.60. The van der Waals surface area contributed by atoms with Gasteiger partial charge < -0.3 is 39.4 Å². The van der Waals surface area contributed by atoms with E-state index in [0.29, 0.717) is 6.42 Å². The first-order chi connectivity index (χ1) is 28.8. The van der Waals surface area contributed by atoms with Crippen molar-refractivity contribution in [2.75, 3.05) is 19.8 Å². The van der Waals surface area contributed by atoms with Gasteiger partial charge in [-0.1, -0.05) is 186 Å². The van der Waals surface area contributed by atoms with E-state index in [0.717, 1.165) is 57.8 Å². The molecule has 1 aliphatic heterocycles. The predicted octanol–water partition coefficient (Wildman–Crippen LogP) is 10.9. The average Bonchev–Trinajstić information content (AvgIpc) is 3.23. The molecule has 0 radical (unpaired) electrons. The van der Waals surface area contributed by atoms with Crippen LogP contribution in [0.5, 0.6) is 0 Å². The normalized spacial score (nSPS) is 20.1. The minimum absolute atomic E-state index is 0.217. The topological polar surface area (TPSA) is 152 Å². The van der Waals surface area contributed by atoms with Crippen LogP contribution >= 0.6 is 0 Å². The van der Waals surface area contributed by atoms with Crippen molar-refractivity contribution >= 4 is 11.9 Å². The molecule has 0 aromatic heterocycles. The number of unbranched alkanes of at least 4 members (excludes halogenated alkanes) is 26. The molecule has 1 aliphatic rings. The molecule has 1 fully saturated rings. The van der Waals surface area contributed by atoms with Crippen LogP contribution in [0, 0.1) is 0 Å². The van der Waals surface area contributed by atoms with Crippen LogP contribution in [-0.2, 0) is 28.5 Å². The molecule has 6 atom stereocenters. The fourth-order valence-electron chi connectivity index (χ4n) is 7.45. The molecule has 1 saturated heterocycles. The summed E-state index contributed by atoms with van der Waals surface area (Å²) in [7, 11) is 0. The Labute approximate surface area is 360 Å². The maximum atomic E-state index is 12.8. The molecule has 6 unspecified atom stereocenters. The molecular weight excluding hydrogens is 749 g/mol. The van der Waals surface area contributed by atoms with E-state index in [1.165, 1.54) is 128 Å². The Morgan fingerprint density at radius 3 is 1.44 bits per heavy atom. The molecule has 59 heavy (non-hydrogen) atoms. The van der Waals surface area contributed by atoms with Gasteiger partial charge in [0.15, 0.2) is 12.4 Å². The summed E-state index contributed by atoms with van der Waals surface area (Å²) in [6, 6.07) is 0. The summed E-state index contributed by atoms with van der Waals surface area (Å²) >= 11 is 0. The van der Waals surface area contributed by atoms with Gasteiger partial charge in [0.1, 0.15) is 31.0 Å². The third kappa shape index (κ3) is 31.7. The molecule has 0 bridgehead atoms. The second-order valence-corrected chi connectivity index (χ2v) is 16.9. The fourth-order valence-corrected chi connectivity index (χ4v) is 7.45. The average molecular weight is 839 g/mol. The molecule has 0 aromatic rings. The summed E-state index contributed by atoms with van der Waals surface area (Å²) in [5.74, 6) is -0.812. The van der Waals surface area contributed by atoms with Gasteiger partial charge in [0.2, 0.25) is 0 Å². The number of rotatable bonds is 41. The van der Waals surface area contributed by atoms with Crippen molar-refractivity contribution in [2.45, 2.75) is 256 Å². The van der Waals surface area contributed by atoms with Crippen molar-refractivity contribution in [1.82, 2.24) is 0 Å². The highest BCUT2D eigenvalue weighted by molar-refractivity contribution is 5.70. The molecule has 0 aliphatic carbocycles. The number of carbonyl (C=O) groups excluding carboxylic acids is 2. The van der Waals surface area contributed by atoms with Gasteiger partial charge >= 0.3 is 11.9 Å². The van der Waals surface area contributed by atoms with Crippen molar-refractivity contribution in [3.8, 4) is 0 Å². The highest BCUT2D eigenvalue weighted by Crippen LogP contribution is 2.23. The third-order valence-corrected chi connectivity index (χ3v) is 11.3. The van der Waals surface area contributed by atoms with Gasteiger partial charge in [-0.25, -0.2) is 0 Å². The molecular formula is C49H90O10. The first-order valence-electron chi connectivity index (χ1n) is 24.4. The molecule has 1 rings (SSSR count). The Kier molecular flexibility index (Phi) is 37.7. The van der Waals surface area contributed by atoms with Crippen molar-refractivity contribution < 1.29 is 49.0 Å². The second kappa shape index (κ2) is 40.3. The summed E-state index contributed by atoms with van der Waals surface area (Å²) in [4.78, 5) is 25.4. The summed E-state index contributed by atoms with van der Waals surface area (Å²) in [6.07, 6.45) is 37.5. The third-order valence-electron chi connectivity index (χ3n) is 11.3. The molecule has 0 saturated carbocycles. The van der Waals surface area contributed by atoms with Crippen molar-refractivity contribution in [2.24, 2.45) is 0 Å². The van der Waals surface area contributed by atoms with Gasteiger partial charge in [-0.05, 0) is 44.9 Å². The zero-order valence-electron chi connectivity index (χ0n) is 37.8. The van der Waals surface area contributed by atoms with E-state index < -0.39 is 49.4 Å². The van der Waals surface area contributed by atoms with E-state index in [1.54, 1.807) is 0 Å². The molecule has 10 nitrogen and oxygen atoms in total. The summed E-state index contributed by atoms with van der Waals surface area (Å²) in [5.41, 5.74) is 0. The summed E-state index contributed by atoms with van der Waals surface area (Å²) < 4.78 is 22.2. The Morgan fingerprint density at radius 1 is 0.525 bits per heavy atom. The SMILES string of the molecule is CCCCC/C=C\C/C=C\CCCCCCCC(=O)OC(COC(=O)CCCCCCCCCCCCCCCCCCCCC)COC1OC(CO)C(O)C(O)C1O. The van der Waals surface area contributed by atoms with Gasteiger partial charge in [0.25, 0.3) is 0 Å². The maximum Gasteiger partial charge on any atom is 0.306 e. The van der Waals surface area contributed by atoms with Crippen LogP contribution < -0.4 is 0 Å². The molecule has 0 amide bonds. The van der Waals surface area contributed by atoms with E-state index >= 15 is 0 Å². The lowest BCUT2D eigenvalue weighted by atomic mass is 9.99. The molecule has 1 heterocycles. The number of carbonyl (C=O) groups is 2. The highest BCUT2D eigenvalue weighted by Gasteiger charge is 2.44. The van der Waals surface area contributed by atoms with Crippen molar-refractivity contribution in [1.29, 1.82) is 0 Å². The number of esters is 2. The smallest absolute Gasteiger partial charge is 0.306 e. The lowest BCUT2D eigenvalue weighted by Crippen LogP contribution is -2.59. The molecule has 0 spiro atoms. The lowest BCUT2D eigenvalue weighted by molar-refractivity contribution is -0.305. The van der Waals surface area contributed by atoms with Gasteiger partial charge in [0.05, 0.1) is 13.2 Å². The van der Waals surface area contributed by atoms with Crippen molar-refractivity contribution in [3.05, 3.63) is 24.3 Å². The van der Waals surface area contributed by atoms with Crippen molar-refractivity contribution in [3.63, 3.8) is 0 Å². The molecule has 346 valence electrons. The number of hydrogen-bond acceptors (Lipinski definition) is 10. The minimum Gasteiger partial charge on any atom is -0.462 e. The fraction of sp³-hybridized carbons (Fsp3) is 0.878. The van der Waals surface area contributed by atoms with Crippen LogP contribution in [0.4, 0.5) is 0 Å². The first kappa shape index (κ1) is 55.2. The largest absolute Gasteiger partial charge is 0.462 e. The Hall–Kier alpha value is -1.82. The number of ether oxygens (including phenoxy) is 4. The Morgan fingerprint density at radius 2 is 0.949 bits per heavy atom. The molecule has 10 heteroatoms. The van der Waals surface area contributed by atoms with E-state index in [4.69, 9.17) is 18.9 Å². The zero-order valence-corrected chi connectivity index (χ0v) is 37.8.